The zero-order chi connectivity index (χ0) is 15.5. The lowest BCUT2D eigenvalue weighted by molar-refractivity contribution is 0.354. The molecule has 3 rings (SSSR count). The Labute approximate surface area is 127 Å². The molecule has 0 saturated heterocycles. The number of hydrogen-bond donors (Lipinski definition) is 1. The highest BCUT2D eigenvalue weighted by Gasteiger charge is 2.17. The van der Waals surface area contributed by atoms with E-state index in [1.165, 1.54) is 0 Å². The number of benzene rings is 2. The fourth-order valence-corrected chi connectivity index (χ4v) is 2.38. The maximum Gasteiger partial charge on any atom is 0.161 e. The van der Waals surface area contributed by atoms with Crippen molar-refractivity contribution in [1.29, 1.82) is 0 Å². The third kappa shape index (κ3) is 2.44. The fourth-order valence-electron chi connectivity index (χ4n) is 2.38. The molecule has 0 aliphatic heterocycles. The lowest BCUT2D eigenvalue weighted by Gasteiger charge is -2.15. The number of nitrogens with two attached hydrogens (primary N) is 1. The average Bonchev–Trinajstić information content (AvgIpc) is 2.60. The van der Waals surface area contributed by atoms with Gasteiger partial charge in [-0.2, -0.15) is 0 Å². The molecular formula is C16H16N4O2. The zero-order valence-corrected chi connectivity index (χ0v) is 12.4. The van der Waals surface area contributed by atoms with Gasteiger partial charge in [0.05, 0.1) is 31.5 Å². The van der Waals surface area contributed by atoms with Gasteiger partial charge >= 0.3 is 0 Å². The summed E-state index contributed by atoms with van der Waals surface area (Å²) in [7, 11) is 3.19. The second-order valence-corrected chi connectivity index (χ2v) is 4.78. The predicted molar refractivity (Wildman–Crippen MR) is 82.9 cm³/mol. The number of fused-ring (bicyclic) bond motifs is 1. The van der Waals surface area contributed by atoms with E-state index < -0.39 is 6.04 Å². The molecule has 3 aromatic rings. The van der Waals surface area contributed by atoms with Crippen molar-refractivity contribution < 1.29 is 9.47 Å². The van der Waals surface area contributed by atoms with Crippen LogP contribution in [-0.4, -0.2) is 29.6 Å². The fraction of sp³-hybridized carbons (Fsp3) is 0.188. The summed E-state index contributed by atoms with van der Waals surface area (Å²) in [5.74, 6) is 1.28. The van der Waals surface area contributed by atoms with Gasteiger partial charge in [-0.25, -0.2) is 0 Å². The second-order valence-electron chi connectivity index (χ2n) is 4.78. The molecule has 6 heteroatoms. The molecule has 0 spiro atoms. The Balaban J connectivity index is 2.08. The van der Waals surface area contributed by atoms with E-state index in [0.717, 1.165) is 16.5 Å². The third-order valence-electron chi connectivity index (χ3n) is 3.55. The van der Waals surface area contributed by atoms with Crippen LogP contribution in [0.5, 0.6) is 11.5 Å². The number of rotatable bonds is 4. The summed E-state index contributed by atoms with van der Waals surface area (Å²) in [6.45, 7) is 0. The molecule has 1 unspecified atom stereocenters. The lowest BCUT2D eigenvalue weighted by atomic mass is 10.0. The van der Waals surface area contributed by atoms with E-state index in [2.05, 4.69) is 15.4 Å². The third-order valence-corrected chi connectivity index (χ3v) is 3.55. The van der Waals surface area contributed by atoms with Gasteiger partial charge in [-0.1, -0.05) is 24.3 Å². The van der Waals surface area contributed by atoms with Crippen LogP contribution in [0.4, 0.5) is 0 Å². The van der Waals surface area contributed by atoms with Crippen molar-refractivity contribution in [3.05, 3.63) is 53.7 Å². The molecule has 0 aliphatic rings. The van der Waals surface area contributed by atoms with Crippen molar-refractivity contribution in [3.8, 4) is 11.5 Å². The van der Waals surface area contributed by atoms with Crippen LogP contribution < -0.4 is 15.2 Å². The van der Waals surface area contributed by atoms with E-state index in [1.54, 1.807) is 14.2 Å². The van der Waals surface area contributed by atoms with Crippen LogP contribution >= 0.6 is 0 Å². The summed E-state index contributed by atoms with van der Waals surface area (Å²) in [6.07, 6.45) is 0. The molecule has 0 saturated carbocycles. The second kappa shape index (κ2) is 5.95. The molecule has 0 fully saturated rings. The topological polar surface area (TPSA) is 83.2 Å². The Morgan fingerprint density at radius 3 is 2.50 bits per heavy atom. The van der Waals surface area contributed by atoms with Gasteiger partial charge in [0.15, 0.2) is 11.5 Å². The lowest BCUT2D eigenvalue weighted by Crippen LogP contribution is -2.15. The maximum atomic E-state index is 6.37. The van der Waals surface area contributed by atoms with Gasteiger partial charge in [0.2, 0.25) is 0 Å². The van der Waals surface area contributed by atoms with E-state index in [-0.39, 0.29) is 0 Å². The number of nitrogens with zero attached hydrogens (tertiary/aromatic N) is 3. The van der Waals surface area contributed by atoms with Crippen molar-refractivity contribution in [2.45, 2.75) is 6.04 Å². The number of ether oxygens (including phenoxy) is 2. The quantitative estimate of drug-likeness (QED) is 0.793. The molecule has 112 valence electrons. The minimum atomic E-state index is -0.430. The molecule has 2 aromatic carbocycles. The minimum Gasteiger partial charge on any atom is -0.493 e. The Morgan fingerprint density at radius 1 is 0.955 bits per heavy atom. The van der Waals surface area contributed by atoms with Crippen molar-refractivity contribution in [3.63, 3.8) is 0 Å². The van der Waals surface area contributed by atoms with E-state index >= 15 is 0 Å². The minimum absolute atomic E-state index is 0.430. The largest absolute Gasteiger partial charge is 0.493 e. The van der Waals surface area contributed by atoms with Gasteiger partial charge in [-0.3, -0.25) is 0 Å². The van der Waals surface area contributed by atoms with Gasteiger partial charge in [0.25, 0.3) is 0 Å². The highest BCUT2D eigenvalue weighted by atomic mass is 16.5. The highest BCUT2D eigenvalue weighted by molar-refractivity contribution is 5.80. The molecule has 6 nitrogen and oxygen atoms in total. The van der Waals surface area contributed by atoms with Crippen LogP contribution in [0.2, 0.25) is 0 Å². The molecule has 1 heterocycles. The van der Waals surface area contributed by atoms with Crippen molar-refractivity contribution in [1.82, 2.24) is 15.4 Å². The molecule has 0 amide bonds. The van der Waals surface area contributed by atoms with Crippen LogP contribution in [0, 0.1) is 0 Å². The predicted octanol–water partition coefficient (Wildman–Crippen LogP) is 2.09. The normalized spacial score (nSPS) is 12.1. The molecular weight excluding hydrogens is 280 g/mol. The van der Waals surface area contributed by atoms with Crippen molar-refractivity contribution >= 4 is 10.9 Å². The first-order valence-electron chi connectivity index (χ1n) is 6.80. The summed E-state index contributed by atoms with van der Waals surface area (Å²) < 4.78 is 10.6. The molecule has 0 radical (unpaired) electrons. The molecule has 1 aromatic heterocycles. The zero-order valence-electron chi connectivity index (χ0n) is 12.4. The monoisotopic (exact) mass is 296 g/mol. The molecule has 22 heavy (non-hydrogen) atoms. The van der Waals surface area contributed by atoms with E-state index in [4.69, 9.17) is 15.2 Å². The Bertz CT molecular complexity index is 802. The van der Waals surface area contributed by atoms with E-state index in [1.807, 2.05) is 42.5 Å². The maximum absolute atomic E-state index is 6.37. The summed E-state index contributed by atoms with van der Waals surface area (Å²) in [5.41, 5.74) is 8.68. The molecule has 0 aliphatic carbocycles. The SMILES string of the molecule is COc1ccc(C(N)c2nnnc3ccccc23)cc1OC. The van der Waals surface area contributed by atoms with Gasteiger partial charge in [-0.15, -0.1) is 10.2 Å². The number of hydrogen-bond acceptors (Lipinski definition) is 6. The number of aromatic nitrogens is 3. The van der Waals surface area contributed by atoms with Crippen molar-refractivity contribution in [2.24, 2.45) is 5.73 Å². The van der Waals surface area contributed by atoms with Crippen LogP contribution in [0.15, 0.2) is 42.5 Å². The van der Waals surface area contributed by atoms with E-state index in [9.17, 15) is 0 Å². The van der Waals surface area contributed by atoms with Crippen LogP contribution in [-0.2, 0) is 0 Å². The Kier molecular flexibility index (Phi) is 3.84. The summed E-state index contributed by atoms with van der Waals surface area (Å²) >= 11 is 0. The highest BCUT2D eigenvalue weighted by Crippen LogP contribution is 2.32. The smallest absolute Gasteiger partial charge is 0.161 e. The van der Waals surface area contributed by atoms with Gasteiger partial charge < -0.3 is 15.2 Å². The molecule has 1 atom stereocenters. The Morgan fingerprint density at radius 2 is 1.73 bits per heavy atom. The average molecular weight is 296 g/mol. The van der Waals surface area contributed by atoms with Crippen molar-refractivity contribution in [2.75, 3.05) is 14.2 Å². The van der Waals surface area contributed by atoms with Crippen LogP contribution in [0.3, 0.4) is 0 Å². The standard InChI is InChI=1S/C16H16N4O2/c1-21-13-8-7-10(9-14(13)22-2)15(17)16-11-5-3-4-6-12(11)18-20-19-16/h3-9,15H,17H2,1-2H3. The summed E-state index contributed by atoms with van der Waals surface area (Å²) in [4.78, 5) is 0. The van der Waals surface area contributed by atoms with Gasteiger partial charge in [0.1, 0.15) is 0 Å². The first-order valence-corrected chi connectivity index (χ1v) is 6.80. The first kappa shape index (κ1) is 14.2. The van der Waals surface area contributed by atoms with E-state index in [0.29, 0.717) is 17.2 Å². The van der Waals surface area contributed by atoms with Crippen LogP contribution in [0.25, 0.3) is 10.9 Å². The van der Waals surface area contributed by atoms with Crippen LogP contribution in [0.1, 0.15) is 17.3 Å². The first-order chi connectivity index (χ1) is 10.7. The summed E-state index contributed by atoms with van der Waals surface area (Å²) in [6, 6.07) is 12.8. The van der Waals surface area contributed by atoms with Gasteiger partial charge in [0, 0.05) is 5.39 Å². The van der Waals surface area contributed by atoms with Gasteiger partial charge in [-0.05, 0) is 29.0 Å². The summed E-state index contributed by atoms with van der Waals surface area (Å²) in [5, 5.41) is 12.8. The molecule has 0 bridgehead atoms. The molecule has 2 N–H and O–H groups in total. The number of methoxy groups -OCH3 is 2. The Hall–Kier alpha value is -2.73.